The molecule has 1 aromatic carbocycles. The molecule has 0 atom stereocenters. The molecule has 0 bridgehead atoms. The van der Waals surface area contributed by atoms with Gasteiger partial charge >= 0.3 is 0 Å². The third-order valence-corrected chi connectivity index (χ3v) is 4.11. The lowest BCUT2D eigenvalue weighted by Crippen LogP contribution is -2.16. The van der Waals surface area contributed by atoms with Crippen LogP contribution in [0.25, 0.3) is 0 Å². The fourth-order valence-corrected chi connectivity index (χ4v) is 2.45. The van der Waals surface area contributed by atoms with E-state index in [4.69, 9.17) is 9.66 Å². The molecule has 21 heavy (non-hydrogen) atoms. The third kappa shape index (κ3) is 3.11. The number of benzene rings is 1. The number of sulfonamides is 1. The van der Waals surface area contributed by atoms with Gasteiger partial charge in [0.2, 0.25) is 10.0 Å². The SMILES string of the molecule is Cc1cc(S(N)(=O)=O)cc(NC(=O)c2cnoc2C)c1C. The number of rotatable bonds is 3. The van der Waals surface area contributed by atoms with Gasteiger partial charge in [-0.3, -0.25) is 4.79 Å². The Morgan fingerprint density at radius 3 is 2.48 bits per heavy atom. The maximum atomic E-state index is 12.1. The van der Waals surface area contributed by atoms with Crippen LogP contribution in [0.4, 0.5) is 5.69 Å². The first-order valence-electron chi connectivity index (χ1n) is 6.07. The normalized spacial score (nSPS) is 11.4. The highest BCUT2D eigenvalue weighted by Crippen LogP contribution is 2.24. The number of nitrogens with one attached hydrogen (secondary N) is 1. The second-order valence-electron chi connectivity index (χ2n) is 4.71. The lowest BCUT2D eigenvalue weighted by atomic mass is 10.1. The van der Waals surface area contributed by atoms with Gasteiger partial charge in [-0.15, -0.1) is 0 Å². The Balaban J connectivity index is 2.43. The standard InChI is InChI=1S/C13H15N3O4S/c1-7-4-10(21(14,18)19)5-12(8(7)2)16-13(17)11-6-15-20-9(11)3/h4-6H,1-3H3,(H,16,17)(H2,14,18,19). The highest BCUT2D eigenvalue weighted by molar-refractivity contribution is 7.89. The number of carbonyl (C=O) groups excluding carboxylic acids is 1. The molecular formula is C13H15N3O4S. The molecule has 0 saturated carbocycles. The number of nitrogens with zero attached hydrogens (tertiary/aromatic N) is 1. The molecule has 1 aromatic heterocycles. The number of carbonyl (C=O) groups is 1. The lowest BCUT2D eigenvalue weighted by Gasteiger charge is -2.12. The number of primary sulfonamides is 1. The minimum atomic E-state index is -3.84. The van der Waals surface area contributed by atoms with Crippen LogP contribution in [-0.4, -0.2) is 19.5 Å². The summed E-state index contributed by atoms with van der Waals surface area (Å²) < 4.78 is 27.7. The van der Waals surface area contributed by atoms with Crippen LogP contribution in [0.5, 0.6) is 0 Å². The van der Waals surface area contributed by atoms with Crippen molar-refractivity contribution in [2.24, 2.45) is 5.14 Å². The van der Waals surface area contributed by atoms with E-state index in [0.29, 0.717) is 17.0 Å². The molecule has 0 spiro atoms. The molecule has 0 aliphatic heterocycles. The van der Waals surface area contributed by atoms with Gasteiger partial charge in [0.25, 0.3) is 5.91 Å². The maximum Gasteiger partial charge on any atom is 0.260 e. The molecule has 0 unspecified atom stereocenters. The van der Waals surface area contributed by atoms with Gasteiger partial charge in [-0.2, -0.15) is 0 Å². The average Bonchev–Trinajstić information content (AvgIpc) is 2.79. The van der Waals surface area contributed by atoms with Crippen molar-refractivity contribution in [3.8, 4) is 0 Å². The summed E-state index contributed by atoms with van der Waals surface area (Å²) in [6.45, 7) is 5.13. The Hall–Kier alpha value is -2.19. The van der Waals surface area contributed by atoms with Gasteiger partial charge in [0, 0.05) is 5.69 Å². The van der Waals surface area contributed by atoms with Crippen LogP contribution in [-0.2, 0) is 10.0 Å². The summed E-state index contributed by atoms with van der Waals surface area (Å²) in [4.78, 5) is 12.1. The number of amides is 1. The molecule has 8 heteroatoms. The van der Waals surface area contributed by atoms with Gasteiger partial charge in [0.15, 0.2) is 0 Å². The van der Waals surface area contributed by atoms with E-state index < -0.39 is 15.9 Å². The van der Waals surface area contributed by atoms with E-state index in [9.17, 15) is 13.2 Å². The van der Waals surface area contributed by atoms with E-state index in [2.05, 4.69) is 10.5 Å². The monoisotopic (exact) mass is 309 g/mol. The zero-order valence-electron chi connectivity index (χ0n) is 11.8. The topological polar surface area (TPSA) is 115 Å². The van der Waals surface area contributed by atoms with E-state index in [0.717, 1.165) is 5.56 Å². The summed E-state index contributed by atoms with van der Waals surface area (Å²) in [5.41, 5.74) is 2.13. The van der Waals surface area contributed by atoms with Crippen LogP contribution >= 0.6 is 0 Å². The second kappa shape index (κ2) is 5.30. The zero-order valence-corrected chi connectivity index (χ0v) is 12.6. The van der Waals surface area contributed by atoms with E-state index in [1.54, 1.807) is 20.8 Å². The van der Waals surface area contributed by atoms with Crippen molar-refractivity contribution in [1.82, 2.24) is 5.16 Å². The van der Waals surface area contributed by atoms with E-state index in [1.165, 1.54) is 18.3 Å². The minimum absolute atomic E-state index is 0.0528. The van der Waals surface area contributed by atoms with Gasteiger partial charge in [-0.1, -0.05) is 5.16 Å². The predicted octanol–water partition coefficient (Wildman–Crippen LogP) is 1.50. The van der Waals surface area contributed by atoms with Crippen molar-refractivity contribution in [3.63, 3.8) is 0 Å². The minimum Gasteiger partial charge on any atom is -0.361 e. The quantitative estimate of drug-likeness (QED) is 0.891. The van der Waals surface area contributed by atoms with Crippen LogP contribution in [0, 0.1) is 20.8 Å². The summed E-state index contributed by atoms with van der Waals surface area (Å²) in [6.07, 6.45) is 1.30. The largest absolute Gasteiger partial charge is 0.361 e. The Kier molecular flexibility index (Phi) is 3.84. The predicted molar refractivity (Wildman–Crippen MR) is 76.5 cm³/mol. The third-order valence-electron chi connectivity index (χ3n) is 3.21. The summed E-state index contributed by atoms with van der Waals surface area (Å²) in [7, 11) is -3.84. The van der Waals surface area contributed by atoms with Crippen LogP contribution < -0.4 is 10.5 Å². The molecule has 0 aliphatic rings. The molecule has 0 aliphatic carbocycles. The van der Waals surface area contributed by atoms with Crippen molar-refractivity contribution >= 4 is 21.6 Å². The Bertz CT molecular complexity index is 809. The number of aryl methyl sites for hydroxylation is 2. The number of aromatic nitrogens is 1. The van der Waals surface area contributed by atoms with E-state index in [1.807, 2.05) is 0 Å². The van der Waals surface area contributed by atoms with Gasteiger partial charge < -0.3 is 9.84 Å². The van der Waals surface area contributed by atoms with Gasteiger partial charge in [-0.25, -0.2) is 13.6 Å². The van der Waals surface area contributed by atoms with E-state index in [-0.39, 0.29) is 10.5 Å². The summed E-state index contributed by atoms with van der Waals surface area (Å²) in [5.74, 6) is -0.0488. The highest BCUT2D eigenvalue weighted by Gasteiger charge is 2.17. The Morgan fingerprint density at radius 2 is 1.95 bits per heavy atom. The average molecular weight is 309 g/mol. The van der Waals surface area contributed by atoms with Gasteiger partial charge in [0.1, 0.15) is 11.3 Å². The zero-order chi connectivity index (χ0) is 15.8. The molecule has 0 saturated heterocycles. The molecule has 3 N–H and O–H groups in total. The van der Waals surface area contributed by atoms with Gasteiger partial charge in [-0.05, 0) is 44.0 Å². The molecule has 7 nitrogen and oxygen atoms in total. The van der Waals surface area contributed by atoms with Crippen molar-refractivity contribution in [1.29, 1.82) is 0 Å². The number of anilines is 1. The maximum absolute atomic E-state index is 12.1. The first-order valence-corrected chi connectivity index (χ1v) is 7.61. The molecular weight excluding hydrogens is 294 g/mol. The first-order chi connectivity index (χ1) is 9.70. The highest BCUT2D eigenvalue weighted by atomic mass is 32.2. The fraction of sp³-hybridized carbons (Fsp3) is 0.231. The lowest BCUT2D eigenvalue weighted by molar-refractivity contribution is 0.102. The van der Waals surface area contributed by atoms with E-state index >= 15 is 0 Å². The summed E-state index contributed by atoms with van der Waals surface area (Å²) in [6, 6.07) is 2.80. The molecule has 0 radical (unpaired) electrons. The van der Waals surface area contributed by atoms with Crippen LogP contribution in [0.1, 0.15) is 27.2 Å². The Morgan fingerprint density at radius 1 is 1.29 bits per heavy atom. The molecule has 1 heterocycles. The van der Waals surface area contributed by atoms with Gasteiger partial charge in [0.05, 0.1) is 11.1 Å². The number of hydrogen-bond acceptors (Lipinski definition) is 5. The number of nitrogens with two attached hydrogens (primary N) is 1. The summed E-state index contributed by atoms with van der Waals surface area (Å²) in [5, 5.41) is 11.3. The van der Waals surface area contributed by atoms with Crippen LogP contribution in [0.3, 0.4) is 0 Å². The molecule has 2 rings (SSSR count). The van der Waals surface area contributed by atoms with Crippen molar-refractivity contribution in [3.05, 3.63) is 40.8 Å². The van der Waals surface area contributed by atoms with Crippen molar-refractivity contribution in [2.75, 3.05) is 5.32 Å². The molecule has 112 valence electrons. The fourth-order valence-electron chi connectivity index (χ4n) is 1.83. The van der Waals surface area contributed by atoms with Crippen molar-refractivity contribution < 1.29 is 17.7 Å². The Labute approximate surface area is 122 Å². The first kappa shape index (κ1) is 15.2. The van der Waals surface area contributed by atoms with Crippen LogP contribution in [0.2, 0.25) is 0 Å². The second-order valence-corrected chi connectivity index (χ2v) is 6.27. The molecule has 0 fully saturated rings. The summed E-state index contributed by atoms with van der Waals surface area (Å²) >= 11 is 0. The molecule has 1 amide bonds. The van der Waals surface area contributed by atoms with Crippen LogP contribution in [0.15, 0.2) is 27.7 Å². The van der Waals surface area contributed by atoms with Crippen molar-refractivity contribution in [2.45, 2.75) is 25.7 Å². The molecule has 2 aromatic rings. The smallest absolute Gasteiger partial charge is 0.260 e. The number of hydrogen-bond donors (Lipinski definition) is 2.